The highest BCUT2D eigenvalue weighted by Gasteiger charge is 2.18. The van der Waals surface area contributed by atoms with E-state index in [4.69, 9.17) is 0 Å². The van der Waals surface area contributed by atoms with Crippen LogP contribution in [0.4, 0.5) is 0 Å². The smallest absolute Gasteiger partial charge is 0.0151 e. The quantitative estimate of drug-likeness (QED) is 0.237. The Hall–Kier alpha value is 0.700. The van der Waals surface area contributed by atoms with Gasteiger partial charge in [0.1, 0.15) is 0 Å². The molecule has 0 aromatic heterocycles. The topological polar surface area (TPSA) is 0 Å². The molecule has 0 rings (SSSR count). The Morgan fingerprint density at radius 2 is 1.15 bits per heavy atom. The lowest BCUT2D eigenvalue weighted by molar-refractivity contribution is 0.404. The monoisotopic (exact) mass is 318 g/mol. The molecule has 0 spiro atoms. The molecule has 0 saturated heterocycles. The number of unbranched alkanes of at least 4 members (excludes halogenated alkanes) is 6. The fourth-order valence-corrected chi connectivity index (χ4v) is 5.05. The molecule has 0 heterocycles. The molecule has 0 nitrogen and oxygen atoms in total. The van der Waals surface area contributed by atoms with Crippen LogP contribution in [0.2, 0.25) is 0 Å². The van der Waals surface area contributed by atoms with E-state index in [-0.39, 0.29) is 0 Å². The Morgan fingerprint density at radius 1 is 0.650 bits per heavy atom. The second kappa shape index (κ2) is 14.6. The molecule has 1 unspecified atom stereocenters. The van der Waals surface area contributed by atoms with Crippen LogP contribution in [0.1, 0.15) is 98.8 Å². The second-order valence-electron chi connectivity index (χ2n) is 6.41. The van der Waals surface area contributed by atoms with Gasteiger partial charge in [0.2, 0.25) is 0 Å². The minimum atomic E-state index is 0.753. The third-order valence-electron chi connectivity index (χ3n) is 3.92. The molecule has 2 heteroatoms. The van der Waals surface area contributed by atoms with E-state index in [9.17, 15) is 0 Å². The largest absolute Gasteiger partial charge is 0.0910 e. The lowest BCUT2D eigenvalue weighted by Gasteiger charge is -2.24. The highest BCUT2D eigenvalue weighted by atomic mass is 33.1. The molecule has 0 radical (unpaired) electrons. The van der Waals surface area contributed by atoms with Crippen molar-refractivity contribution in [3.63, 3.8) is 0 Å². The minimum absolute atomic E-state index is 0.753. The van der Waals surface area contributed by atoms with Crippen LogP contribution in [0.25, 0.3) is 0 Å². The summed E-state index contributed by atoms with van der Waals surface area (Å²) in [4.78, 5) is 0. The van der Waals surface area contributed by atoms with E-state index in [0.717, 1.165) is 16.4 Å². The van der Waals surface area contributed by atoms with Crippen LogP contribution in [0.3, 0.4) is 0 Å². The molecule has 0 aliphatic carbocycles. The minimum Gasteiger partial charge on any atom is -0.0910 e. The van der Waals surface area contributed by atoms with Gasteiger partial charge in [0.05, 0.1) is 0 Å². The van der Waals surface area contributed by atoms with Crippen molar-refractivity contribution in [2.24, 2.45) is 5.92 Å². The normalized spacial score (nSPS) is 13.3. The molecule has 0 N–H and O–H groups in total. The summed E-state index contributed by atoms with van der Waals surface area (Å²) in [7, 11) is 4.21. The lowest BCUT2D eigenvalue weighted by atomic mass is 9.92. The summed E-state index contributed by atoms with van der Waals surface area (Å²) in [6.45, 7) is 11.7. The molecule has 0 bridgehead atoms. The van der Waals surface area contributed by atoms with E-state index in [1.54, 1.807) is 0 Å². The number of hydrogen-bond acceptors (Lipinski definition) is 2. The van der Waals surface area contributed by atoms with Crippen molar-refractivity contribution < 1.29 is 0 Å². The molecule has 0 aromatic rings. The summed E-state index contributed by atoms with van der Waals surface area (Å²) >= 11 is 0. The van der Waals surface area contributed by atoms with Crippen molar-refractivity contribution in [1.82, 2.24) is 0 Å². The predicted molar refractivity (Wildman–Crippen MR) is 101 cm³/mol. The first-order valence-corrected chi connectivity index (χ1v) is 11.2. The zero-order chi connectivity index (χ0) is 15.2. The molecular formula is C18H38S2. The van der Waals surface area contributed by atoms with Gasteiger partial charge in [-0.1, -0.05) is 108 Å². The second-order valence-corrected chi connectivity index (χ2v) is 9.63. The highest BCUT2D eigenvalue weighted by Crippen LogP contribution is 2.37. The van der Waals surface area contributed by atoms with Crippen molar-refractivity contribution >= 4 is 21.6 Å². The van der Waals surface area contributed by atoms with Gasteiger partial charge in [-0.3, -0.25) is 0 Å². The Labute approximate surface area is 137 Å². The Kier molecular flexibility index (Phi) is 15.1. The fourth-order valence-electron chi connectivity index (χ4n) is 2.56. The van der Waals surface area contributed by atoms with Gasteiger partial charge in [-0.05, 0) is 18.8 Å². The van der Waals surface area contributed by atoms with E-state index >= 15 is 0 Å². The molecule has 0 saturated carbocycles. The van der Waals surface area contributed by atoms with Gasteiger partial charge >= 0.3 is 0 Å². The third-order valence-corrected chi connectivity index (χ3v) is 7.50. The molecule has 0 amide bonds. The molecule has 0 aliphatic heterocycles. The van der Waals surface area contributed by atoms with Crippen LogP contribution in [-0.4, -0.2) is 10.5 Å². The van der Waals surface area contributed by atoms with E-state index in [0.29, 0.717) is 0 Å². The Bertz CT molecular complexity index is 180. The average Bonchev–Trinajstić information content (AvgIpc) is 2.43. The van der Waals surface area contributed by atoms with Crippen molar-refractivity contribution in [1.29, 1.82) is 0 Å². The van der Waals surface area contributed by atoms with Crippen molar-refractivity contribution in [2.75, 3.05) is 0 Å². The lowest BCUT2D eigenvalue weighted by Crippen LogP contribution is -2.14. The molecule has 122 valence electrons. The van der Waals surface area contributed by atoms with Crippen molar-refractivity contribution in [3.8, 4) is 0 Å². The highest BCUT2D eigenvalue weighted by molar-refractivity contribution is 8.77. The fraction of sp³-hybridized carbons (Fsp3) is 1.00. The molecule has 0 fully saturated rings. The van der Waals surface area contributed by atoms with Crippen LogP contribution < -0.4 is 0 Å². The maximum atomic E-state index is 2.46. The molecular weight excluding hydrogens is 280 g/mol. The maximum Gasteiger partial charge on any atom is 0.0151 e. The van der Waals surface area contributed by atoms with Gasteiger partial charge in [-0.25, -0.2) is 0 Å². The van der Waals surface area contributed by atoms with Gasteiger partial charge in [0.15, 0.2) is 0 Å². The standard InChI is InChI=1S/C18H38S2/c1-6-8-10-12-14-18(15-13-11-9-7-2)17(5)20-19-16(3)4/h16-18H,6-15H2,1-5H3. The van der Waals surface area contributed by atoms with Gasteiger partial charge in [0.25, 0.3) is 0 Å². The third kappa shape index (κ3) is 12.4. The molecule has 1 atom stereocenters. The first-order valence-electron chi connectivity index (χ1n) is 8.93. The van der Waals surface area contributed by atoms with E-state index < -0.39 is 0 Å². The zero-order valence-corrected chi connectivity index (χ0v) is 16.3. The Balaban J connectivity index is 4.00. The molecule has 0 aliphatic rings. The Morgan fingerprint density at radius 3 is 1.55 bits per heavy atom. The van der Waals surface area contributed by atoms with E-state index in [2.05, 4.69) is 56.2 Å². The van der Waals surface area contributed by atoms with E-state index in [1.807, 2.05) is 0 Å². The van der Waals surface area contributed by atoms with Gasteiger partial charge < -0.3 is 0 Å². The van der Waals surface area contributed by atoms with Crippen LogP contribution in [0.15, 0.2) is 0 Å². The van der Waals surface area contributed by atoms with Crippen molar-refractivity contribution in [3.05, 3.63) is 0 Å². The molecule has 0 aromatic carbocycles. The first-order chi connectivity index (χ1) is 9.61. The van der Waals surface area contributed by atoms with Crippen molar-refractivity contribution in [2.45, 2.75) is 109 Å². The first kappa shape index (κ1) is 20.7. The SMILES string of the molecule is CCCCCCC(CCCCCC)C(C)SSC(C)C. The summed E-state index contributed by atoms with van der Waals surface area (Å²) in [5.74, 6) is 0.944. The van der Waals surface area contributed by atoms with Gasteiger partial charge in [0, 0.05) is 10.5 Å². The molecule has 20 heavy (non-hydrogen) atoms. The number of hydrogen-bond donors (Lipinski definition) is 0. The predicted octanol–water partition coefficient (Wildman–Crippen LogP) is 7.72. The number of rotatable bonds is 14. The summed E-state index contributed by atoms with van der Waals surface area (Å²) < 4.78 is 0. The van der Waals surface area contributed by atoms with Gasteiger partial charge in [-0.2, -0.15) is 0 Å². The summed E-state index contributed by atoms with van der Waals surface area (Å²) in [6, 6.07) is 0. The van der Waals surface area contributed by atoms with Crippen LogP contribution in [-0.2, 0) is 0 Å². The summed E-state index contributed by atoms with van der Waals surface area (Å²) in [6.07, 6.45) is 14.2. The van der Waals surface area contributed by atoms with Crippen LogP contribution in [0, 0.1) is 5.92 Å². The van der Waals surface area contributed by atoms with Crippen LogP contribution >= 0.6 is 21.6 Å². The zero-order valence-electron chi connectivity index (χ0n) is 14.6. The summed E-state index contributed by atoms with van der Waals surface area (Å²) in [5, 5.41) is 1.58. The van der Waals surface area contributed by atoms with Crippen LogP contribution in [0.5, 0.6) is 0 Å². The van der Waals surface area contributed by atoms with E-state index in [1.165, 1.54) is 64.2 Å². The maximum absolute atomic E-state index is 2.46. The average molecular weight is 319 g/mol. The summed E-state index contributed by atoms with van der Waals surface area (Å²) in [5.41, 5.74) is 0. The van der Waals surface area contributed by atoms with Gasteiger partial charge in [-0.15, -0.1) is 0 Å².